The third-order valence-electron chi connectivity index (χ3n) is 3.01. The van der Waals surface area contributed by atoms with Crippen LogP contribution in [0.3, 0.4) is 0 Å². The normalized spacial score (nSPS) is 13.7. The van der Waals surface area contributed by atoms with Crippen LogP contribution in [-0.4, -0.2) is 5.11 Å². The summed E-state index contributed by atoms with van der Waals surface area (Å²) in [5, 5.41) is 10.0. The maximum Gasteiger partial charge on any atom is 0.0974 e. The Morgan fingerprint density at radius 1 is 1.18 bits per heavy atom. The van der Waals surface area contributed by atoms with Gasteiger partial charge in [-0.25, -0.2) is 0 Å². The lowest BCUT2D eigenvalue weighted by molar-refractivity contribution is 0.227. The summed E-state index contributed by atoms with van der Waals surface area (Å²) in [5.74, 6) is 0. The Labute approximate surface area is 105 Å². The largest absolute Gasteiger partial charge is 0.384 e. The molecule has 0 aromatic heterocycles. The van der Waals surface area contributed by atoms with Gasteiger partial charge in [-0.2, -0.15) is 0 Å². The monoisotopic (exact) mass is 232 g/mol. The third kappa shape index (κ3) is 5.69. The first-order chi connectivity index (χ1) is 8.24. The van der Waals surface area contributed by atoms with Crippen molar-refractivity contribution in [2.45, 2.75) is 52.1 Å². The molecule has 0 spiro atoms. The van der Waals surface area contributed by atoms with Gasteiger partial charge in [0, 0.05) is 0 Å². The number of aliphatic hydroxyl groups excluding tert-OH is 1. The molecule has 1 unspecified atom stereocenters. The van der Waals surface area contributed by atoms with Gasteiger partial charge in [0.25, 0.3) is 0 Å². The molecule has 1 heteroatoms. The lowest BCUT2D eigenvalue weighted by atomic mass is 10.0. The van der Waals surface area contributed by atoms with E-state index >= 15 is 0 Å². The van der Waals surface area contributed by atoms with Crippen molar-refractivity contribution in [3.63, 3.8) is 0 Å². The van der Waals surface area contributed by atoms with Crippen molar-refractivity contribution in [1.29, 1.82) is 0 Å². The van der Waals surface area contributed by atoms with Crippen LogP contribution in [0, 0.1) is 0 Å². The zero-order valence-corrected chi connectivity index (χ0v) is 11.0. The molecule has 1 nitrogen and oxygen atoms in total. The highest BCUT2D eigenvalue weighted by Gasteiger charge is 2.03. The van der Waals surface area contributed by atoms with Crippen LogP contribution in [0.15, 0.2) is 42.0 Å². The number of unbranched alkanes of at least 4 members (excludes halogenated alkanes) is 3. The zero-order chi connectivity index (χ0) is 12.5. The number of aliphatic hydroxyl groups is 1. The fourth-order valence-electron chi connectivity index (χ4n) is 1.93. The van der Waals surface area contributed by atoms with Crippen molar-refractivity contribution >= 4 is 0 Å². The molecule has 0 amide bonds. The number of rotatable bonds is 7. The average Bonchev–Trinajstić information content (AvgIpc) is 2.36. The second kappa shape index (κ2) is 8.08. The van der Waals surface area contributed by atoms with Gasteiger partial charge in [0.05, 0.1) is 6.10 Å². The van der Waals surface area contributed by atoms with Crippen LogP contribution >= 0.6 is 0 Å². The highest BCUT2D eigenvalue weighted by Crippen LogP contribution is 2.18. The Morgan fingerprint density at radius 2 is 1.88 bits per heavy atom. The fourth-order valence-corrected chi connectivity index (χ4v) is 1.93. The number of hydrogen-bond donors (Lipinski definition) is 1. The highest BCUT2D eigenvalue weighted by atomic mass is 16.3. The molecule has 0 fully saturated rings. The van der Waals surface area contributed by atoms with E-state index in [4.69, 9.17) is 0 Å². The predicted molar refractivity (Wildman–Crippen MR) is 73.9 cm³/mol. The van der Waals surface area contributed by atoms with Gasteiger partial charge < -0.3 is 5.11 Å². The molecule has 1 aromatic carbocycles. The first-order valence-corrected chi connectivity index (χ1v) is 6.64. The summed E-state index contributed by atoms with van der Waals surface area (Å²) in [6.45, 7) is 4.33. The Bertz CT molecular complexity index is 327. The van der Waals surface area contributed by atoms with Gasteiger partial charge in [-0.05, 0) is 25.3 Å². The van der Waals surface area contributed by atoms with Gasteiger partial charge in [0.15, 0.2) is 0 Å². The molecular weight excluding hydrogens is 208 g/mol. The topological polar surface area (TPSA) is 20.2 Å². The van der Waals surface area contributed by atoms with Gasteiger partial charge in [0.1, 0.15) is 0 Å². The van der Waals surface area contributed by atoms with E-state index in [9.17, 15) is 5.11 Å². The molecule has 0 aliphatic heterocycles. The molecule has 0 radical (unpaired) electrons. The second-order valence-electron chi connectivity index (χ2n) is 4.68. The molecule has 17 heavy (non-hydrogen) atoms. The molecule has 0 saturated heterocycles. The van der Waals surface area contributed by atoms with Crippen LogP contribution in [0.25, 0.3) is 0 Å². The first kappa shape index (κ1) is 14.0. The predicted octanol–water partition coefficient (Wildman–Crippen LogP) is 4.64. The Morgan fingerprint density at radius 3 is 2.53 bits per heavy atom. The summed E-state index contributed by atoms with van der Waals surface area (Å²) in [4.78, 5) is 0. The standard InChI is InChI=1S/C16H24O/c1-3-4-5-7-10-14(2)13-16(17)15-11-8-6-9-12-15/h6,8-9,11-13,16-17H,3-5,7,10H2,1-2H3/b14-13+. The van der Waals surface area contributed by atoms with Crippen LogP contribution < -0.4 is 0 Å². The van der Waals surface area contributed by atoms with Gasteiger partial charge >= 0.3 is 0 Å². The SMILES string of the molecule is CCCCCC/C(C)=C/C(O)c1ccccc1. The van der Waals surface area contributed by atoms with E-state index in [1.54, 1.807) is 0 Å². The minimum Gasteiger partial charge on any atom is -0.384 e. The lowest BCUT2D eigenvalue weighted by Crippen LogP contribution is -1.94. The molecule has 94 valence electrons. The van der Waals surface area contributed by atoms with Crippen LogP contribution in [-0.2, 0) is 0 Å². The summed E-state index contributed by atoms with van der Waals surface area (Å²) < 4.78 is 0. The molecular formula is C16H24O. The maximum atomic E-state index is 10.0. The minimum atomic E-state index is -0.456. The van der Waals surface area contributed by atoms with Crippen molar-refractivity contribution in [2.75, 3.05) is 0 Å². The van der Waals surface area contributed by atoms with Crippen molar-refractivity contribution < 1.29 is 5.11 Å². The quantitative estimate of drug-likeness (QED) is 0.536. The van der Waals surface area contributed by atoms with Crippen LogP contribution in [0.1, 0.15) is 57.6 Å². The Hall–Kier alpha value is -1.08. The van der Waals surface area contributed by atoms with E-state index in [2.05, 4.69) is 13.8 Å². The second-order valence-corrected chi connectivity index (χ2v) is 4.68. The summed E-state index contributed by atoms with van der Waals surface area (Å²) in [6, 6.07) is 9.82. The van der Waals surface area contributed by atoms with E-state index in [0.29, 0.717) is 0 Å². The first-order valence-electron chi connectivity index (χ1n) is 6.64. The lowest BCUT2D eigenvalue weighted by Gasteiger charge is -2.08. The van der Waals surface area contributed by atoms with E-state index < -0.39 is 6.10 Å². The molecule has 0 saturated carbocycles. The molecule has 0 aliphatic carbocycles. The summed E-state index contributed by atoms with van der Waals surface area (Å²) in [6.07, 6.45) is 7.73. The van der Waals surface area contributed by atoms with Crippen LogP contribution in [0.4, 0.5) is 0 Å². The third-order valence-corrected chi connectivity index (χ3v) is 3.01. The number of benzene rings is 1. The van der Waals surface area contributed by atoms with E-state index in [-0.39, 0.29) is 0 Å². The summed E-state index contributed by atoms with van der Waals surface area (Å²) in [5.41, 5.74) is 2.26. The Balaban J connectivity index is 2.40. The van der Waals surface area contributed by atoms with Gasteiger partial charge in [-0.3, -0.25) is 0 Å². The smallest absolute Gasteiger partial charge is 0.0974 e. The van der Waals surface area contributed by atoms with E-state index in [0.717, 1.165) is 12.0 Å². The van der Waals surface area contributed by atoms with Crippen molar-refractivity contribution in [3.8, 4) is 0 Å². The fraction of sp³-hybridized carbons (Fsp3) is 0.500. The molecule has 0 bridgehead atoms. The zero-order valence-electron chi connectivity index (χ0n) is 11.0. The van der Waals surface area contributed by atoms with Crippen molar-refractivity contribution in [3.05, 3.63) is 47.5 Å². The summed E-state index contributed by atoms with van der Waals surface area (Å²) >= 11 is 0. The molecule has 1 atom stereocenters. The molecule has 1 rings (SSSR count). The average molecular weight is 232 g/mol. The van der Waals surface area contributed by atoms with Crippen molar-refractivity contribution in [2.24, 2.45) is 0 Å². The summed E-state index contributed by atoms with van der Waals surface area (Å²) in [7, 11) is 0. The molecule has 0 heterocycles. The van der Waals surface area contributed by atoms with E-state index in [1.165, 1.54) is 31.3 Å². The van der Waals surface area contributed by atoms with Gasteiger partial charge in [-0.1, -0.05) is 68.2 Å². The molecule has 0 aliphatic rings. The Kier molecular flexibility index (Phi) is 6.64. The molecule has 1 N–H and O–H groups in total. The van der Waals surface area contributed by atoms with E-state index in [1.807, 2.05) is 36.4 Å². The number of hydrogen-bond acceptors (Lipinski definition) is 1. The highest BCUT2D eigenvalue weighted by molar-refractivity contribution is 5.22. The van der Waals surface area contributed by atoms with Gasteiger partial charge in [0.2, 0.25) is 0 Å². The van der Waals surface area contributed by atoms with Crippen LogP contribution in [0.5, 0.6) is 0 Å². The van der Waals surface area contributed by atoms with Crippen LogP contribution in [0.2, 0.25) is 0 Å². The molecule has 1 aromatic rings. The number of allylic oxidation sites excluding steroid dienone is 1. The minimum absolute atomic E-state index is 0.456. The van der Waals surface area contributed by atoms with Crippen molar-refractivity contribution in [1.82, 2.24) is 0 Å². The van der Waals surface area contributed by atoms with Gasteiger partial charge in [-0.15, -0.1) is 0 Å². The maximum absolute atomic E-state index is 10.0.